The fourth-order valence-electron chi connectivity index (χ4n) is 6.71. The first-order valence-corrected chi connectivity index (χ1v) is 13.4. The molecule has 7 nitrogen and oxygen atoms in total. The molecule has 0 unspecified atom stereocenters. The highest BCUT2D eigenvalue weighted by Gasteiger charge is 2.53. The van der Waals surface area contributed by atoms with E-state index in [1.165, 1.54) is 38.5 Å². The third-order valence-corrected chi connectivity index (χ3v) is 8.85. The van der Waals surface area contributed by atoms with Gasteiger partial charge in [-0.25, -0.2) is 0 Å². The first kappa shape index (κ1) is 22.5. The van der Waals surface area contributed by atoms with Crippen LogP contribution < -0.4 is 14.8 Å². The molecule has 4 saturated carbocycles. The number of carbonyl (C=O) groups excluding carboxylic acids is 1. The van der Waals surface area contributed by atoms with Gasteiger partial charge in [-0.05, 0) is 87.5 Å². The number of nitrogens with zero attached hydrogens (tertiary/aromatic N) is 3. The smallest absolute Gasteiger partial charge is 0.257 e. The van der Waals surface area contributed by atoms with Crippen molar-refractivity contribution < 1.29 is 14.3 Å². The molecular formula is C27H30N4O3S. The van der Waals surface area contributed by atoms with Gasteiger partial charge in [0.05, 0.1) is 6.61 Å². The first-order chi connectivity index (χ1) is 17.1. The Bertz CT molecular complexity index is 1180. The van der Waals surface area contributed by atoms with Gasteiger partial charge in [0.2, 0.25) is 5.13 Å². The molecule has 4 fully saturated rings. The van der Waals surface area contributed by atoms with Crippen LogP contribution in [0.1, 0.15) is 66.4 Å². The van der Waals surface area contributed by atoms with E-state index in [4.69, 9.17) is 9.47 Å². The molecule has 35 heavy (non-hydrogen) atoms. The van der Waals surface area contributed by atoms with Gasteiger partial charge in [0, 0.05) is 28.9 Å². The lowest BCUT2D eigenvalue weighted by Gasteiger charge is -2.55. The van der Waals surface area contributed by atoms with Crippen molar-refractivity contribution in [2.45, 2.75) is 57.5 Å². The van der Waals surface area contributed by atoms with Crippen molar-refractivity contribution in [1.82, 2.24) is 15.2 Å². The van der Waals surface area contributed by atoms with Crippen molar-refractivity contribution >= 4 is 22.4 Å². The van der Waals surface area contributed by atoms with Gasteiger partial charge in [-0.15, -0.1) is 10.2 Å². The zero-order chi connectivity index (χ0) is 23.8. The third kappa shape index (κ3) is 4.51. The Morgan fingerprint density at radius 3 is 2.51 bits per heavy atom. The van der Waals surface area contributed by atoms with Crippen LogP contribution in [0, 0.1) is 17.8 Å². The van der Waals surface area contributed by atoms with E-state index in [2.05, 4.69) is 20.5 Å². The van der Waals surface area contributed by atoms with E-state index < -0.39 is 0 Å². The molecule has 3 aromatic rings. The second-order valence-corrected chi connectivity index (χ2v) is 11.3. The normalized spacial score (nSPS) is 26.5. The number of anilines is 1. The SMILES string of the molecule is CCOc1cc(C(=O)Nc2nnc(C34CC5CC(CC(C5)C3)C4)s2)ccc1OCc1cccnc1. The number of carbonyl (C=O) groups is 1. The Balaban J connectivity index is 1.15. The molecule has 0 radical (unpaired) electrons. The zero-order valence-corrected chi connectivity index (χ0v) is 20.7. The average Bonchev–Trinajstić information content (AvgIpc) is 3.33. The molecule has 2 heterocycles. The summed E-state index contributed by atoms with van der Waals surface area (Å²) >= 11 is 1.55. The molecule has 0 spiro atoms. The molecule has 1 aromatic carbocycles. The molecule has 2 aromatic heterocycles. The quantitative estimate of drug-likeness (QED) is 0.440. The van der Waals surface area contributed by atoms with Gasteiger partial charge in [-0.2, -0.15) is 0 Å². The van der Waals surface area contributed by atoms with Gasteiger partial charge < -0.3 is 9.47 Å². The van der Waals surface area contributed by atoms with E-state index in [1.54, 1.807) is 41.9 Å². The number of nitrogens with one attached hydrogen (secondary N) is 1. The van der Waals surface area contributed by atoms with Gasteiger partial charge >= 0.3 is 0 Å². The van der Waals surface area contributed by atoms with E-state index in [0.717, 1.165) is 28.3 Å². The molecule has 4 aliphatic carbocycles. The molecule has 182 valence electrons. The second-order valence-electron chi connectivity index (χ2n) is 10.3. The summed E-state index contributed by atoms with van der Waals surface area (Å²) in [5, 5.41) is 13.6. The lowest BCUT2D eigenvalue weighted by molar-refractivity contribution is -0.00555. The van der Waals surface area contributed by atoms with Crippen LogP contribution in [-0.2, 0) is 12.0 Å². The Morgan fingerprint density at radius 1 is 1.06 bits per heavy atom. The van der Waals surface area contributed by atoms with Gasteiger partial charge in [-0.1, -0.05) is 17.4 Å². The maximum Gasteiger partial charge on any atom is 0.257 e. The number of hydrogen-bond acceptors (Lipinski definition) is 7. The van der Waals surface area contributed by atoms with Crippen molar-refractivity contribution in [3.8, 4) is 11.5 Å². The van der Waals surface area contributed by atoms with Crippen molar-refractivity contribution in [1.29, 1.82) is 0 Å². The Morgan fingerprint density at radius 2 is 1.83 bits per heavy atom. The Hall–Kier alpha value is -3.00. The lowest BCUT2D eigenvalue weighted by Crippen LogP contribution is -2.48. The molecule has 0 saturated heterocycles. The van der Waals surface area contributed by atoms with E-state index in [0.29, 0.717) is 35.4 Å². The van der Waals surface area contributed by atoms with E-state index in [9.17, 15) is 4.79 Å². The molecule has 1 N–H and O–H groups in total. The van der Waals surface area contributed by atoms with Crippen molar-refractivity contribution in [3.63, 3.8) is 0 Å². The minimum Gasteiger partial charge on any atom is -0.490 e. The maximum atomic E-state index is 13.0. The Labute approximate surface area is 209 Å². The summed E-state index contributed by atoms with van der Waals surface area (Å²) in [7, 11) is 0. The van der Waals surface area contributed by atoms with Crippen molar-refractivity contribution in [3.05, 3.63) is 58.9 Å². The van der Waals surface area contributed by atoms with Crippen LogP contribution in [0.3, 0.4) is 0 Å². The average molecular weight is 491 g/mol. The molecule has 0 aliphatic heterocycles. The lowest BCUT2D eigenvalue weighted by atomic mass is 9.50. The minimum absolute atomic E-state index is 0.185. The van der Waals surface area contributed by atoms with E-state index >= 15 is 0 Å². The topological polar surface area (TPSA) is 86.2 Å². The number of ether oxygens (including phenoxy) is 2. The van der Waals surface area contributed by atoms with Gasteiger partial charge in [0.15, 0.2) is 11.5 Å². The molecule has 8 heteroatoms. The van der Waals surface area contributed by atoms with E-state index in [1.807, 2.05) is 19.1 Å². The number of benzene rings is 1. The number of rotatable bonds is 8. The van der Waals surface area contributed by atoms with Gasteiger partial charge in [0.1, 0.15) is 11.6 Å². The zero-order valence-electron chi connectivity index (χ0n) is 19.9. The molecule has 4 bridgehead atoms. The molecule has 0 atom stereocenters. The fourth-order valence-corrected chi connectivity index (χ4v) is 7.67. The Kier molecular flexibility index (Phi) is 5.92. The van der Waals surface area contributed by atoms with Gasteiger partial charge in [-0.3, -0.25) is 15.1 Å². The third-order valence-electron chi connectivity index (χ3n) is 7.76. The largest absolute Gasteiger partial charge is 0.490 e. The number of aromatic nitrogens is 3. The van der Waals surface area contributed by atoms with Gasteiger partial charge in [0.25, 0.3) is 5.91 Å². The summed E-state index contributed by atoms with van der Waals surface area (Å²) < 4.78 is 11.7. The maximum absolute atomic E-state index is 13.0. The number of amides is 1. The van der Waals surface area contributed by atoms with Crippen LogP contribution >= 0.6 is 11.3 Å². The second kappa shape index (κ2) is 9.22. The van der Waals surface area contributed by atoms with Crippen LogP contribution in [0.4, 0.5) is 5.13 Å². The number of pyridine rings is 1. The summed E-state index contributed by atoms with van der Waals surface area (Å²) in [6, 6.07) is 9.07. The number of hydrogen-bond donors (Lipinski definition) is 1. The highest BCUT2D eigenvalue weighted by atomic mass is 32.1. The summed E-state index contributed by atoms with van der Waals surface area (Å²) in [5.41, 5.74) is 1.64. The highest BCUT2D eigenvalue weighted by molar-refractivity contribution is 7.15. The summed E-state index contributed by atoms with van der Waals surface area (Å²) in [6.45, 7) is 2.75. The molecule has 1 amide bonds. The minimum atomic E-state index is -0.224. The van der Waals surface area contributed by atoms with Crippen LogP contribution in [0.15, 0.2) is 42.7 Å². The fraction of sp³-hybridized carbons (Fsp3) is 0.481. The summed E-state index contributed by atoms with van der Waals surface area (Å²) in [4.78, 5) is 17.2. The van der Waals surface area contributed by atoms with E-state index in [-0.39, 0.29) is 11.3 Å². The monoisotopic (exact) mass is 490 g/mol. The van der Waals surface area contributed by atoms with Crippen LogP contribution in [0.5, 0.6) is 11.5 Å². The predicted molar refractivity (Wildman–Crippen MR) is 134 cm³/mol. The van der Waals surface area contributed by atoms with Crippen LogP contribution in [0.25, 0.3) is 0 Å². The standard InChI is InChI=1S/C27H30N4O3S/c1-2-33-23-11-21(5-6-22(23)34-16-17-4-3-7-28-15-17)24(32)29-26-31-30-25(35-26)27-12-18-8-19(13-27)10-20(9-18)14-27/h3-7,11,15,18-20H,2,8-10,12-14,16H2,1H3,(H,29,31,32). The van der Waals surface area contributed by atoms with Crippen molar-refractivity contribution in [2.75, 3.05) is 11.9 Å². The molecule has 4 aliphatic rings. The molecule has 7 rings (SSSR count). The first-order valence-electron chi connectivity index (χ1n) is 12.5. The van der Waals surface area contributed by atoms with Crippen LogP contribution in [-0.4, -0.2) is 27.7 Å². The van der Waals surface area contributed by atoms with Crippen molar-refractivity contribution in [2.24, 2.45) is 17.8 Å². The van der Waals surface area contributed by atoms with Crippen LogP contribution in [0.2, 0.25) is 0 Å². The summed E-state index contributed by atoms with van der Waals surface area (Å²) in [5.74, 6) is 3.44. The highest BCUT2D eigenvalue weighted by Crippen LogP contribution is 2.61. The summed E-state index contributed by atoms with van der Waals surface area (Å²) in [6.07, 6.45) is 11.4. The molecular weight excluding hydrogens is 460 g/mol. The predicted octanol–water partition coefficient (Wildman–Crippen LogP) is 5.63.